The van der Waals surface area contributed by atoms with Gasteiger partial charge in [-0.25, -0.2) is 0 Å². The summed E-state index contributed by atoms with van der Waals surface area (Å²) in [5, 5.41) is 6.29. The van der Waals surface area contributed by atoms with Gasteiger partial charge in [0.1, 0.15) is 5.75 Å². The highest BCUT2D eigenvalue weighted by molar-refractivity contribution is 6.99. The zero-order valence-electron chi connectivity index (χ0n) is 14.1. The van der Waals surface area contributed by atoms with Crippen LogP contribution < -0.4 is 15.4 Å². The first-order chi connectivity index (χ1) is 11.8. The van der Waals surface area contributed by atoms with Crippen LogP contribution in [0.2, 0.25) is 0 Å². The van der Waals surface area contributed by atoms with E-state index in [-0.39, 0.29) is 0 Å². The number of likely N-dealkylation sites (tertiary alicyclic amines) is 1. The van der Waals surface area contributed by atoms with Gasteiger partial charge in [0.05, 0.1) is 18.3 Å². The number of benzene rings is 1. The summed E-state index contributed by atoms with van der Waals surface area (Å²) in [6.45, 7) is 4.97. The predicted octanol–water partition coefficient (Wildman–Crippen LogP) is 3.06. The highest BCUT2D eigenvalue weighted by atomic mass is 32.1. The average Bonchev–Trinajstić information content (AvgIpc) is 3.26. The molecule has 0 amide bonds. The summed E-state index contributed by atoms with van der Waals surface area (Å²) in [6.07, 6.45) is 3.57. The summed E-state index contributed by atoms with van der Waals surface area (Å²) in [6, 6.07) is 8.46. The third-order valence-corrected chi connectivity index (χ3v) is 4.64. The molecule has 2 heterocycles. The number of rotatable bonds is 9. The van der Waals surface area contributed by atoms with Crippen LogP contribution >= 0.6 is 11.7 Å². The molecule has 2 aromatic rings. The minimum absolute atomic E-state index is 0.687. The molecule has 1 aliphatic rings. The van der Waals surface area contributed by atoms with Crippen LogP contribution in [0.15, 0.2) is 24.3 Å². The lowest BCUT2D eigenvalue weighted by atomic mass is 10.2. The highest BCUT2D eigenvalue weighted by Crippen LogP contribution is 2.18. The Balaban J connectivity index is 1.38. The Morgan fingerprint density at radius 3 is 2.88 bits per heavy atom. The molecule has 3 rings (SSSR count). The molecule has 24 heavy (non-hydrogen) atoms. The third-order valence-electron chi connectivity index (χ3n) is 4.11. The minimum Gasteiger partial charge on any atom is -0.494 e. The number of aromatic nitrogens is 2. The van der Waals surface area contributed by atoms with E-state index in [1.165, 1.54) is 43.2 Å². The van der Waals surface area contributed by atoms with E-state index in [1.807, 2.05) is 13.1 Å². The number of hydrogen-bond donors (Lipinski definition) is 2. The molecular weight excluding hydrogens is 322 g/mol. The van der Waals surface area contributed by atoms with Gasteiger partial charge in [0, 0.05) is 20.1 Å². The number of anilines is 2. The zero-order chi connectivity index (χ0) is 16.6. The quantitative estimate of drug-likeness (QED) is 0.680. The maximum Gasteiger partial charge on any atom is 0.184 e. The SMILES string of the molecule is CNc1nsnc1NCCCOc1cccc(CN2CCCC2)c1. The fourth-order valence-electron chi connectivity index (χ4n) is 2.87. The van der Waals surface area contributed by atoms with Crippen LogP contribution in [-0.4, -0.2) is 46.9 Å². The fourth-order valence-corrected chi connectivity index (χ4v) is 3.40. The molecule has 1 saturated heterocycles. The summed E-state index contributed by atoms with van der Waals surface area (Å²) >= 11 is 1.21. The minimum atomic E-state index is 0.687. The van der Waals surface area contributed by atoms with Gasteiger partial charge in [-0.1, -0.05) is 12.1 Å². The highest BCUT2D eigenvalue weighted by Gasteiger charge is 2.11. The first kappa shape index (κ1) is 17.0. The molecule has 6 nitrogen and oxygen atoms in total. The predicted molar refractivity (Wildman–Crippen MR) is 99.0 cm³/mol. The van der Waals surface area contributed by atoms with E-state index >= 15 is 0 Å². The molecule has 7 heteroatoms. The van der Waals surface area contributed by atoms with E-state index in [0.29, 0.717) is 6.61 Å². The van der Waals surface area contributed by atoms with Crippen molar-refractivity contribution in [3.05, 3.63) is 29.8 Å². The van der Waals surface area contributed by atoms with Crippen LogP contribution in [0.4, 0.5) is 11.6 Å². The molecule has 2 N–H and O–H groups in total. The van der Waals surface area contributed by atoms with Crippen molar-refractivity contribution in [2.45, 2.75) is 25.8 Å². The molecule has 0 atom stereocenters. The Bertz CT molecular complexity index is 627. The topological polar surface area (TPSA) is 62.3 Å². The van der Waals surface area contributed by atoms with Gasteiger partial charge in [0.2, 0.25) is 0 Å². The van der Waals surface area contributed by atoms with Crippen molar-refractivity contribution in [3.63, 3.8) is 0 Å². The van der Waals surface area contributed by atoms with Crippen LogP contribution in [0.25, 0.3) is 0 Å². The summed E-state index contributed by atoms with van der Waals surface area (Å²) in [5.41, 5.74) is 1.33. The van der Waals surface area contributed by atoms with Gasteiger partial charge in [-0.2, -0.15) is 8.75 Å². The standard InChI is InChI=1S/C17H25N5OS/c1-18-16-17(21-24-20-16)19-8-5-11-23-15-7-4-6-14(12-15)13-22-9-2-3-10-22/h4,6-7,12H,2-3,5,8-11,13H2,1H3,(H,18,20)(H,19,21). The lowest BCUT2D eigenvalue weighted by Gasteiger charge is -2.15. The van der Waals surface area contributed by atoms with E-state index in [4.69, 9.17) is 4.74 Å². The van der Waals surface area contributed by atoms with Crippen molar-refractivity contribution in [1.82, 2.24) is 13.6 Å². The van der Waals surface area contributed by atoms with Crippen LogP contribution in [0.1, 0.15) is 24.8 Å². The lowest BCUT2D eigenvalue weighted by Crippen LogP contribution is -2.18. The maximum atomic E-state index is 5.88. The van der Waals surface area contributed by atoms with Gasteiger partial charge in [-0.05, 0) is 50.0 Å². The Kier molecular flexibility index (Phi) is 6.26. The summed E-state index contributed by atoms with van der Waals surface area (Å²) in [5.74, 6) is 2.57. The lowest BCUT2D eigenvalue weighted by molar-refractivity contribution is 0.311. The van der Waals surface area contributed by atoms with E-state index in [0.717, 1.165) is 36.9 Å². The van der Waals surface area contributed by atoms with Gasteiger partial charge in [-0.3, -0.25) is 4.90 Å². The second-order valence-corrected chi connectivity index (χ2v) is 6.50. The van der Waals surface area contributed by atoms with Crippen molar-refractivity contribution in [1.29, 1.82) is 0 Å². The van der Waals surface area contributed by atoms with Gasteiger partial charge >= 0.3 is 0 Å². The normalized spacial score (nSPS) is 14.7. The first-order valence-corrected chi connectivity index (χ1v) is 9.26. The van der Waals surface area contributed by atoms with Crippen molar-refractivity contribution < 1.29 is 4.74 Å². The van der Waals surface area contributed by atoms with Gasteiger partial charge in [-0.15, -0.1) is 0 Å². The van der Waals surface area contributed by atoms with Gasteiger partial charge < -0.3 is 15.4 Å². The second-order valence-electron chi connectivity index (χ2n) is 5.97. The Morgan fingerprint density at radius 1 is 1.21 bits per heavy atom. The number of hydrogen-bond acceptors (Lipinski definition) is 7. The molecule has 0 saturated carbocycles. The molecule has 0 aliphatic carbocycles. The van der Waals surface area contributed by atoms with E-state index < -0.39 is 0 Å². The first-order valence-electron chi connectivity index (χ1n) is 8.53. The van der Waals surface area contributed by atoms with Crippen molar-refractivity contribution >= 4 is 23.4 Å². The molecular formula is C17H25N5OS. The number of nitrogens with one attached hydrogen (secondary N) is 2. The average molecular weight is 347 g/mol. The smallest absolute Gasteiger partial charge is 0.184 e. The Labute approximate surface area is 147 Å². The second kappa shape index (κ2) is 8.84. The monoisotopic (exact) mass is 347 g/mol. The van der Waals surface area contributed by atoms with Crippen molar-refractivity contribution in [3.8, 4) is 5.75 Å². The summed E-state index contributed by atoms with van der Waals surface area (Å²) in [4.78, 5) is 2.50. The Hall–Kier alpha value is -1.86. The molecule has 0 bridgehead atoms. The molecule has 1 fully saturated rings. The summed E-state index contributed by atoms with van der Waals surface area (Å²) in [7, 11) is 1.85. The van der Waals surface area contributed by atoms with Crippen LogP contribution in [0.5, 0.6) is 5.75 Å². The van der Waals surface area contributed by atoms with Crippen LogP contribution in [0.3, 0.4) is 0 Å². The van der Waals surface area contributed by atoms with Crippen LogP contribution in [0, 0.1) is 0 Å². The molecule has 1 aromatic heterocycles. The maximum absolute atomic E-state index is 5.88. The zero-order valence-corrected chi connectivity index (χ0v) is 14.9. The molecule has 1 aliphatic heterocycles. The molecule has 1 aromatic carbocycles. The van der Waals surface area contributed by atoms with E-state index in [9.17, 15) is 0 Å². The van der Waals surface area contributed by atoms with E-state index in [2.05, 4.69) is 42.5 Å². The van der Waals surface area contributed by atoms with Crippen molar-refractivity contribution in [2.75, 3.05) is 43.9 Å². The molecule has 130 valence electrons. The third kappa shape index (κ3) is 4.82. The van der Waals surface area contributed by atoms with Gasteiger partial charge in [0.15, 0.2) is 11.6 Å². The number of nitrogens with zero attached hydrogens (tertiary/aromatic N) is 3. The van der Waals surface area contributed by atoms with Crippen molar-refractivity contribution in [2.24, 2.45) is 0 Å². The molecule has 0 radical (unpaired) electrons. The van der Waals surface area contributed by atoms with Gasteiger partial charge in [0.25, 0.3) is 0 Å². The molecule has 0 spiro atoms. The van der Waals surface area contributed by atoms with E-state index in [1.54, 1.807) is 0 Å². The summed E-state index contributed by atoms with van der Waals surface area (Å²) < 4.78 is 14.2. The molecule has 0 unspecified atom stereocenters. The largest absolute Gasteiger partial charge is 0.494 e. The van der Waals surface area contributed by atoms with Crippen LogP contribution in [-0.2, 0) is 6.54 Å². The Morgan fingerprint density at radius 2 is 2.04 bits per heavy atom. The fraction of sp³-hybridized carbons (Fsp3) is 0.529. The number of ether oxygens (including phenoxy) is 1.